The van der Waals surface area contributed by atoms with Crippen molar-refractivity contribution in [2.24, 2.45) is 5.92 Å². The number of carboxylic acids is 1. The Kier molecular flexibility index (Phi) is 4.37. The fourth-order valence-electron chi connectivity index (χ4n) is 1.60. The van der Waals surface area contributed by atoms with E-state index in [1.807, 2.05) is 55.2 Å². The highest BCUT2D eigenvalue weighted by Gasteiger charge is 2.13. The van der Waals surface area contributed by atoms with Crippen molar-refractivity contribution < 1.29 is 9.90 Å². The van der Waals surface area contributed by atoms with Crippen molar-refractivity contribution in [3.8, 4) is 0 Å². The number of carboxylic acid groups (broad SMARTS) is 1. The molecule has 0 spiro atoms. The van der Waals surface area contributed by atoms with Crippen LogP contribution in [-0.2, 0) is 4.79 Å². The lowest BCUT2D eigenvalue weighted by Gasteiger charge is -2.22. The molecule has 4 nitrogen and oxygen atoms in total. The zero-order valence-electron chi connectivity index (χ0n) is 10.8. The Morgan fingerprint density at radius 3 is 2.06 bits per heavy atom. The number of carbonyl (C=O) groups is 1. The molecule has 0 saturated carbocycles. The minimum Gasteiger partial charge on any atom is -0.481 e. The van der Waals surface area contributed by atoms with E-state index in [-0.39, 0.29) is 5.92 Å². The third kappa shape index (κ3) is 3.66. The molecular weight excluding hydrogens is 216 g/mol. The van der Waals surface area contributed by atoms with Crippen molar-refractivity contribution in [2.45, 2.75) is 6.92 Å². The molecule has 0 bridgehead atoms. The van der Waals surface area contributed by atoms with E-state index in [0.29, 0.717) is 6.54 Å². The van der Waals surface area contributed by atoms with E-state index >= 15 is 0 Å². The second-order valence-electron chi connectivity index (χ2n) is 4.53. The molecule has 4 heteroatoms. The molecule has 1 aromatic rings. The highest BCUT2D eigenvalue weighted by Crippen LogP contribution is 2.19. The second kappa shape index (κ2) is 5.57. The summed E-state index contributed by atoms with van der Waals surface area (Å²) in [5.74, 6) is -1.13. The van der Waals surface area contributed by atoms with Crippen LogP contribution >= 0.6 is 0 Å². The van der Waals surface area contributed by atoms with E-state index in [1.165, 1.54) is 0 Å². The number of nitrogens with zero attached hydrogens (tertiary/aromatic N) is 2. The van der Waals surface area contributed by atoms with Crippen molar-refractivity contribution in [2.75, 3.05) is 37.5 Å². The molecule has 0 aliphatic carbocycles. The second-order valence-corrected chi connectivity index (χ2v) is 4.53. The number of rotatable bonds is 5. The van der Waals surface area contributed by atoms with Gasteiger partial charge in [-0.2, -0.15) is 0 Å². The van der Waals surface area contributed by atoms with Crippen LogP contribution in [0.5, 0.6) is 0 Å². The molecule has 1 rings (SSSR count). The maximum atomic E-state index is 10.8. The van der Waals surface area contributed by atoms with E-state index in [1.54, 1.807) is 6.92 Å². The summed E-state index contributed by atoms with van der Waals surface area (Å²) in [6.07, 6.45) is 0. The Labute approximate surface area is 102 Å². The minimum atomic E-state index is -0.762. The molecule has 1 aromatic carbocycles. The lowest BCUT2D eigenvalue weighted by molar-refractivity contribution is -0.140. The van der Waals surface area contributed by atoms with Crippen LogP contribution in [0, 0.1) is 5.92 Å². The van der Waals surface area contributed by atoms with Crippen LogP contribution in [0.25, 0.3) is 0 Å². The number of anilines is 2. The predicted molar refractivity (Wildman–Crippen MR) is 70.8 cm³/mol. The molecule has 0 aliphatic rings. The van der Waals surface area contributed by atoms with Gasteiger partial charge in [0.15, 0.2) is 0 Å². The third-order valence-electron chi connectivity index (χ3n) is 2.78. The van der Waals surface area contributed by atoms with Gasteiger partial charge in [0, 0.05) is 39.1 Å². The standard InChI is InChI=1S/C13H20N2O2/c1-10(13(16)17)9-15(4)12-7-5-11(6-8-12)14(2)3/h5-8,10H,9H2,1-4H3,(H,16,17). The SMILES string of the molecule is CC(CN(C)c1ccc(N(C)C)cc1)C(=O)O. The molecule has 94 valence electrons. The van der Waals surface area contributed by atoms with Crippen molar-refractivity contribution in [3.63, 3.8) is 0 Å². The zero-order valence-corrected chi connectivity index (χ0v) is 10.8. The molecule has 0 heterocycles. The van der Waals surface area contributed by atoms with Gasteiger partial charge in [0.25, 0.3) is 0 Å². The molecule has 0 aromatic heterocycles. The first-order chi connectivity index (χ1) is 7.91. The van der Waals surface area contributed by atoms with Crippen LogP contribution in [-0.4, -0.2) is 38.8 Å². The first kappa shape index (κ1) is 13.4. The lowest BCUT2D eigenvalue weighted by Crippen LogP contribution is -2.28. The Balaban J connectivity index is 2.69. The largest absolute Gasteiger partial charge is 0.481 e. The number of hydrogen-bond donors (Lipinski definition) is 1. The lowest BCUT2D eigenvalue weighted by atomic mass is 10.1. The molecular formula is C13H20N2O2. The summed E-state index contributed by atoms with van der Waals surface area (Å²) in [5, 5.41) is 8.86. The van der Waals surface area contributed by atoms with Gasteiger partial charge >= 0.3 is 5.97 Å². The zero-order chi connectivity index (χ0) is 13.0. The van der Waals surface area contributed by atoms with Crippen LogP contribution in [0.2, 0.25) is 0 Å². The number of benzene rings is 1. The highest BCUT2D eigenvalue weighted by atomic mass is 16.4. The fourth-order valence-corrected chi connectivity index (χ4v) is 1.60. The van der Waals surface area contributed by atoms with Crippen molar-refractivity contribution in [3.05, 3.63) is 24.3 Å². The van der Waals surface area contributed by atoms with Gasteiger partial charge in [0.05, 0.1) is 5.92 Å². The van der Waals surface area contributed by atoms with Gasteiger partial charge in [-0.05, 0) is 24.3 Å². The van der Waals surface area contributed by atoms with Crippen LogP contribution in [0.4, 0.5) is 11.4 Å². The normalized spacial score (nSPS) is 12.0. The van der Waals surface area contributed by atoms with Crippen LogP contribution in [0.3, 0.4) is 0 Å². The van der Waals surface area contributed by atoms with Crippen LogP contribution in [0.15, 0.2) is 24.3 Å². The maximum Gasteiger partial charge on any atom is 0.308 e. The summed E-state index contributed by atoms with van der Waals surface area (Å²) < 4.78 is 0. The van der Waals surface area contributed by atoms with Gasteiger partial charge in [-0.3, -0.25) is 4.79 Å². The molecule has 0 saturated heterocycles. The van der Waals surface area contributed by atoms with Gasteiger partial charge in [-0.25, -0.2) is 0 Å². The summed E-state index contributed by atoms with van der Waals surface area (Å²) in [6, 6.07) is 8.06. The maximum absolute atomic E-state index is 10.8. The monoisotopic (exact) mass is 236 g/mol. The predicted octanol–water partition coefficient (Wildman–Crippen LogP) is 1.91. The van der Waals surface area contributed by atoms with Gasteiger partial charge in [-0.1, -0.05) is 6.92 Å². The summed E-state index contributed by atoms with van der Waals surface area (Å²) >= 11 is 0. The third-order valence-corrected chi connectivity index (χ3v) is 2.78. The smallest absolute Gasteiger partial charge is 0.308 e. The molecule has 17 heavy (non-hydrogen) atoms. The fraction of sp³-hybridized carbons (Fsp3) is 0.462. The summed E-state index contributed by atoms with van der Waals surface area (Å²) in [6.45, 7) is 2.23. The molecule has 0 radical (unpaired) electrons. The first-order valence-electron chi connectivity index (χ1n) is 5.63. The van der Waals surface area contributed by atoms with E-state index in [4.69, 9.17) is 5.11 Å². The quantitative estimate of drug-likeness (QED) is 0.848. The molecule has 0 amide bonds. The highest BCUT2D eigenvalue weighted by molar-refractivity contribution is 5.70. The Hall–Kier alpha value is -1.71. The number of hydrogen-bond acceptors (Lipinski definition) is 3. The Morgan fingerprint density at radius 1 is 1.18 bits per heavy atom. The summed E-state index contributed by atoms with van der Waals surface area (Å²) in [5.41, 5.74) is 2.16. The van der Waals surface area contributed by atoms with Crippen molar-refractivity contribution >= 4 is 17.3 Å². The van der Waals surface area contributed by atoms with Crippen LogP contribution < -0.4 is 9.80 Å². The molecule has 0 aliphatic heterocycles. The van der Waals surface area contributed by atoms with Crippen molar-refractivity contribution in [1.29, 1.82) is 0 Å². The minimum absolute atomic E-state index is 0.367. The van der Waals surface area contributed by atoms with E-state index < -0.39 is 5.97 Å². The Bertz CT molecular complexity index is 374. The molecule has 1 N–H and O–H groups in total. The van der Waals surface area contributed by atoms with Gasteiger partial charge in [-0.15, -0.1) is 0 Å². The average molecular weight is 236 g/mol. The summed E-state index contributed by atoms with van der Waals surface area (Å²) in [4.78, 5) is 14.8. The van der Waals surface area contributed by atoms with Gasteiger partial charge in [0.2, 0.25) is 0 Å². The van der Waals surface area contributed by atoms with E-state index in [2.05, 4.69) is 0 Å². The van der Waals surface area contributed by atoms with Crippen molar-refractivity contribution in [1.82, 2.24) is 0 Å². The Morgan fingerprint density at radius 2 is 1.65 bits per heavy atom. The van der Waals surface area contributed by atoms with Crippen LogP contribution in [0.1, 0.15) is 6.92 Å². The topological polar surface area (TPSA) is 43.8 Å². The summed E-state index contributed by atoms with van der Waals surface area (Å²) in [7, 11) is 5.89. The van der Waals surface area contributed by atoms with Gasteiger partial charge < -0.3 is 14.9 Å². The molecule has 1 atom stereocenters. The van der Waals surface area contributed by atoms with E-state index in [9.17, 15) is 4.79 Å². The molecule has 1 unspecified atom stereocenters. The molecule has 0 fully saturated rings. The average Bonchev–Trinajstić information content (AvgIpc) is 2.28. The van der Waals surface area contributed by atoms with E-state index in [0.717, 1.165) is 11.4 Å². The number of aliphatic carboxylic acids is 1. The van der Waals surface area contributed by atoms with Gasteiger partial charge in [0.1, 0.15) is 0 Å². The first-order valence-corrected chi connectivity index (χ1v) is 5.63.